The van der Waals surface area contributed by atoms with E-state index in [1.165, 1.54) is 12.1 Å². The normalized spacial score (nSPS) is 11.5. The number of carbonyl (C=O) groups excluding carboxylic acids is 1. The second-order valence-corrected chi connectivity index (χ2v) is 10.4. The van der Waals surface area contributed by atoms with E-state index in [2.05, 4.69) is 21.2 Å². The highest BCUT2D eigenvalue weighted by Gasteiger charge is 2.27. The van der Waals surface area contributed by atoms with Crippen LogP contribution < -0.4 is 5.32 Å². The third-order valence-electron chi connectivity index (χ3n) is 4.48. The zero-order valence-corrected chi connectivity index (χ0v) is 20.2. The van der Waals surface area contributed by atoms with Gasteiger partial charge in [0.05, 0.1) is 11.4 Å². The summed E-state index contributed by atoms with van der Waals surface area (Å²) >= 11 is 15.4. The molecule has 0 heterocycles. The molecule has 3 rings (SSSR count). The van der Waals surface area contributed by atoms with Gasteiger partial charge in [-0.15, -0.1) is 0 Å². The lowest BCUT2D eigenvalue weighted by molar-refractivity contribution is -0.121. The third kappa shape index (κ3) is 6.54. The Morgan fingerprint density at radius 1 is 0.935 bits per heavy atom. The molecule has 0 bridgehead atoms. The quantitative estimate of drug-likeness (QED) is 0.423. The van der Waals surface area contributed by atoms with E-state index in [1.54, 1.807) is 60.7 Å². The second kappa shape index (κ2) is 10.6. The van der Waals surface area contributed by atoms with Crippen molar-refractivity contribution in [3.05, 3.63) is 98.4 Å². The van der Waals surface area contributed by atoms with Gasteiger partial charge in [-0.1, -0.05) is 69.5 Å². The van der Waals surface area contributed by atoms with Gasteiger partial charge in [0.15, 0.2) is 0 Å². The van der Waals surface area contributed by atoms with Crippen LogP contribution in [0.2, 0.25) is 10.0 Å². The summed E-state index contributed by atoms with van der Waals surface area (Å²) in [4.78, 5) is 12.7. The van der Waals surface area contributed by atoms with Crippen LogP contribution in [0.25, 0.3) is 0 Å². The van der Waals surface area contributed by atoms with Crippen molar-refractivity contribution in [2.75, 3.05) is 6.54 Å². The highest BCUT2D eigenvalue weighted by atomic mass is 79.9. The van der Waals surface area contributed by atoms with Crippen LogP contribution in [0.3, 0.4) is 0 Å². The van der Waals surface area contributed by atoms with Crippen molar-refractivity contribution in [3.8, 4) is 0 Å². The lowest BCUT2D eigenvalue weighted by Crippen LogP contribution is -2.40. The molecule has 3 aromatic carbocycles. The summed E-state index contributed by atoms with van der Waals surface area (Å²) in [6, 6.07) is 20.3. The molecule has 1 N–H and O–H groups in total. The van der Waals surface area contributed by atoms with Crippen molar-refractivity contribution < 1.29 is 13.2 Å². The minimum absolute atomic E-state index is 0.0353. The van der Waals surface area contributed by atoms with Gasteiger partial charge in [0, 0.05) is 27.6 Å². The monoisotopic (exact) mass is 540 g/mol. The van der Waals surface area contributed by atoms with Gasteiger partial charge in [-0.3, -0.25) is 4.79 Å². The second-order valence-electron chi connectivity index (χ2n) is 6.72. The van der Waals surface area contributed by atoms with Crippen molar-refractivity contribution in [3.63, 3.8) is 0 Å². The van der Waals surface area contributed by atoms with E-state index < -0.39 is 15.9 Å². The Hall–Kier alpha value is -1.90. The number of sulfonamides is 1. The molecule has 162 valence electrons. The molecular weight excluding hydrogens is 523 g/mol. The Kier molecular flexibility index (Phi) is 8.13. The smallest absolute Gasteiger partial charge is 0.243 e. The molecule has 5 nitrogen and oxygen atoms in total. The van der Waals surface area contributed by atoms with Gasteiger partial charge in [0.25, 0.3) is 0 Å². The van der Waals surface area contributed by atoms with Gasteiger partial charge in [-0.05, 0) is 53.6 Å². The molecule has 0 saturated carbocycles. The lowest BCUT2D eigenvalue weighted by atomic mass is 10.2. The summed E-state index contributed by atoms with van der Waals surface area (Å²) in [6.07, 6.45) is 0. The molecule has 31 heavy (non-hydrogen) atoms. The van der Waals surface area contributed by atoms with Crippen molar-refractivity contribution in [1.29, 1.82) is 0 Å². The fraction of sp³-hybridized carbons (Fsp3) is 0.136. The molecule has 0 spiro atoms. The average Bonchev–Trinajstić information content (AvgIpc) is 2.74. The summed E-state index contributed by atoms with van der Waals surface area (Å²) in [5, 5.41) is 3.78. The average molecular weight is 542 g/mol. The van der Waals surface area contributed by atoms with Crippen LogP contribution in [0.4, 0.5) is 0 Å². The Bertz CT molecular complexity index is 1150. The Morgan fingerprint density at radius 2 is 1.58 bits per heavy atom. The number of amides is 1. The SMILES string of the molecule is O=C(CN(Cc1ccccc1Cl)S(=O)(=O)c1ccc(Br)cc1)NCc1ccc(Cl)cc1. The van der Waals surface area contributed by atoms with E-state index in [9.17, 15) is 13.2 Å². The first-order chi connectivity index (χ1) is 14.8. The minimum Gasteiger partial charge on any atom is -0.351 e. The molecule has 0 unspecified atom stereocenters. The van der Waals surface area contributed by atoms with E-state index in [-0.39, 0.29) is 24.5 Å². The highest BCUT2D eigenvalue weighted by Crippen LogP contribution is 2.23. The first kappa shape index (κ1) is 23.8. The van der Waals surface area contributed by atoms with Gasteiger partial charge in [0.2, 0.25) is 15.9 Å². The molecule has 0 aliphatic rings. The van der Waals surface area contributed by atoms with E-state index >= 15 is 0 Å². The maximum atomic E-state index is 13.3. The van der Waals surface area contributed by atoms with Gasteiger partial charge in [-0.2, -0.15) is 4.31 Å². The maximum absolute atomic E-state index is 13.3. The number of benzene rings is 3. The molecule has 3 aromatic rings. The largest absolute Gasteiger partial charge is 0.351 e. The number of halogens is 3. The molecule has 0 fully saturated rings. The van der Waals surface area contributed by atoms with Crippen molar-refractivity contribution in [1.82, 2.24) is 9.62 Å². The predicted octanol–water partition coefficient (Wildman–Crippen LogP) is 5.26. The summed E-state index contributed by atoms with van der Waals surface area (Å²) in [5.41, 5.74) is 1.46. The number of nitrogens with zero attached hydrogens (tertiary/aromatic N) is 1. The molecule has 9 heteroatoms. The summed E-state index contributed by atoms with van der Waals surface area (Å²) in [5.74, 6) is -0.428. The molecule has 0 aromatic heterocycles. The molecule has 0 aliphatic heterocycles. The highest BCUT2D eigenvalue weighted by molar-refractivity contribution is 9.10. The number of rotatable bonds is 8. The van der Waals surface area contributed by atoms with Gasteiger partial charge >= 0.3 is 0 Å². The molecule has 0 saturated heterocycles. The summed E-state index contributed by atoms with van der Waals surface area (Å²) in [7, 11) is -3.94. The minimum atomic E-state index is -3.94. The van der Waals surface area contributed by atoms with Crippen LogP contribution in [-0.4, -0.2) is 25.2 Å². The standard InChI is InChI=1S/C22H19BrCl2N2O3S/c23-18-7-11-20(12-8-18)31(29,30)27(14-17-3-1-2-4-21(17)25)15-22(28)26-13-16-5-9-19(24)10-6-16/h1-12H,13-15H2,(H,26,28). The number of hydrogen-bond acceptors (Lipinski definition) is 3. The Morgan fingerprint density at radius 3 is 2.23 bits per heavy atom. The number of nitrogens with one attached hydrogen (secondary N) is 1. The number of carbonyl (C=O) groups is 1. The van der Waals surface area contributed by atoms with Gasteiger partial charge in [0.1, 0.15) is 0 Å². The molecule has 0 atom stereocenters. The lowest BCUT2D eigenvalue weighted by Gasteiger charge is -2.22. The van der Waals surface area contributed by atoms with E-state index in [1.807, 2.05) is 0 Å². The fourth-order valence-electron chi connectivity index (χ4n) is 2.82. The summed E-state index contributed by atoms with van der Waals surface area (Å²) < 4.78 is 28.4. The van der Waals surface area contributed by atoms with Crippen LogP contribution in [0.15, 0.2) is 82.2 Å². The zero-order valence-electron chi connectivity index (χ0n) is 16.3. The molecule has 0 aliphatic carbocycles. The van der Waals surface area contributed by atoms with E-state index in [0.29, 0.717) is 15.6 Å². The molecule has 0 radical (unpaired) electrons. The Balaban J connectivity index is 1.81. The summed E-state index contributed by atoms with van der Waals surface area (Å²) in [6.45, 7) is -0.127. The fourth-order valence-corrected chi connectivity index (χ4v) is 4.78. The van der Waals surface area contributed by atoms with Crippen LogP contribution in [0.5, 0.6) is 0 Å². The van der Waals surface area contributed by atoms with Crippen molar-refractivity contribution in [2.24, 2.45) is 0 Å². The Labute approximate surface area is 200 Å². The maximum Gasteiger partial charge on any atom is 0.243 e. The van der Waals surface area contributed by atoms with Crippen LogP contribution in [-0.2, 0) is 27.9 Å². The third-order valence-corrected chi connectivity index (χ3v) is 7.43. The first-order valence-electron chi connectivity index (χ1n) is 9.26. The van der Waals surface area contributed by atoms with Crippen molar-refractivity contribution in [2.45, 2.75) is 18.0 Å². The van der Waals surface area contributed by atoms with E-state index in [4.69, 9.17) is 23.2 Å². The predicted molar refractivity (Wildman–Crippen MR) is 126 cm³/mol. The number of hydrogen-bond donors (Lipinski definition) is 1. The zero-order chi connectivity index (χ0) is 22.4. The van der Waals surface area contributed by atoms with Gasteiger partial charge < -0.3 is 5.32 Å². The van der Waals surface area contributed by atoms with Crippen LogP contribution >= 0.6 is 39.1 Å². The molecular formula is C22H19BrCl2N2O3S. The van der Waals surface area contributed by atoms with E-state index in [0.717, 1.165) is 14.3 Å². The topological polar surface area (TPSA) is 66.5 Å². The molecule has 1 amide bonds. The first-order valence-corrected chi connectivity index (χ1v) is 12.2. The van der Waals surface area contributed by atoms with Gasteiger partial charge in [-0.25, -0.2) is 8.42 Å². The van der Waals surface area contributed by atoms with Crippen LogP contribution in [0, 0.1) is 0 Å². The van der Waals surface area contributed by atoms with Crippen LogP contribution in [0.1, 0.15) is 11.1 Å². The van der Waals surface area contributed by atoms with Crippen molar-refractivity contribution >= 4 is 55.1 Å².